The zero-order valence-corrected chi connectivity index (χ0v) is 16.0. The number of nitrogens with zero attached hydrogens (tertiary/aromatic N) is 2. The minimum absolute atomic E-state index is 0.362. The molecule has 2 aromatic rings. The lowest BCUT2D eigenvalue weighted by molar-refractivity contribution is 0.639. The fraction of sp³-hybridized carbons (Fsp3) is 0.529. The Morgan fingerprint density at radius 3 is 2.78 bits per heavy atom. The number of nitrogens with one attached hydrogen (secondary N) is 2. The van der Waals surface area contributed by atoms with Crippen molar-refractivity contribution in [2.45, 2.75) is 46.1 Å². The zero-order valence-electron chi connectivity index (χ0n) is 14.3. The number of aliphatic imine (C=N–C) groups is 1. The van der Waals surface area contributed by atoms with Crippen molar-refractivity contribution >= 4 is 28.6 Å². The molecule has 0 aromatic carbocycles. The van der Waals surface area contributed by atoms with Gasteiger partial charge in [-0.15, -0.1) is 22.7 Å². The Morgan fingerprint density at radius 1 is 1.35 bits per heavy atom. The molecule has 4 nitrogen and oxygen atoms in total. The molecule has 1 unspecified atom stereocenters. The largest absolute Gasteiger partial charge is 0.356 e. The van der Waals surface area contributed by atoms with E-state index in [0.29, 0.717) is 6.04 Å². The van der Waals surface area contributed by atoms with Gasteiger partial charge in [0.15, 0.2) is 5.96 Å². The van der Waals surface area contributed by atoms with Crippen LogP contribution in [-0.4, -0.2) is 30.6 Å². The van der Waals surface area contributed by atoms with Crippen LogP contribution >= 0.6 is 22.7 Å². The summed E-state index contributed by atoms with van der Waals surface area (Å²) in [7, 11) is 1.82. The van der Waals surface area contributed by atoms with Gasteiger partial charge in [-0.1, -0.05) is 0 Å². The van der Waals surface area contributed by atoms with E-state index in [9.17, 15) is 0 Å². The molecule has 126 valence electrons. The number of thiophene rings is 1. The number of aryl methyl sites for hydroxylation is 3. The summed E-state index contributed by atoms with van der Waals surface area (Å²) < 4.78 is 0. The SMILES string of the molecule is CN=C(NCCCc1nc(C)cs1)NC(C)Cc1ccc(C)s1. The first-order chi connectivity index (χ1) is 11.1. The number of guanidine groups is 1. The van der Waals surface area contributed by atoms with Crippen LogP contribution in [0.5, 0.6) is 0 Å². The van der Waals surface area contributed by atoms with E-state index < -0.39 is 0 Å². The van der Waals surface area contributed by atoms with Crippen molar-refractivity contribution in [1.82, 2.24) is 15.6 Å². The van der Waals surface area contributed by atoms with Crippen LogP contribution in [0.3, 0.4) is 0 Å². The summed E-state index contributed by atoms with van der Waals surface area (Å²) in [5, 5.41) is 10.2. The average molecular weight is 351 g/mol. The van der Waals surface area contributed by atoms with E-state index in [4.69, 9.17) is 0 Å². The second kappa shape index (κ2) is 9.03. The lowest BCUT2D eigenvalue weighted by Gasteiger charge is -2.17. The molecule has 0 radical (unpaired) electrons. The van der Waals surface area contributed by atoms with E-state index in [0.717, 1.165) is 37.5 Å². The van der Waals surface area contributed by atoms with Crippen LogP contribution in [0.4, 0.5) is 0 Å². The molecule has 2 rings (SSSR count). The average Bonchev–Trinajstić information content (AvgIpc) is 3.10. The third kappa shape index (κ3) is 6.31. The smallest absolute Gasteiger partial charge is 0.191 e. The topological polar surface area (TPSA) is 49.3 Å². The molecule has 23 heavy (non-hydrogen) atoms. The van der Waals surface area contributed by atoms with Crippen molar-refractivity contribution in [2.75, 3.05) is 13.6 Å². The fourth-order valence-electron chi connectivity index (χ4n) is 2.34. The quantitative estimate of drug-likeness (QED) is 0.456. The minimum atomic E-state index is 0.362. The van der Waals surface area contributed by atoms with Crippen LogP contribution in [-0.2, 0) is 12.8 Å². The van der Waals surface area contributed by atoms with Gasteiger partial charge in [-0.05, 0) is 39.3 Å². The molecule has 0 bridgehead atoms. The molecule has 0 aliphatic carbocycles. The number of aromatic nitrogens is 1. The normalized spacial score (nSPS) is 13.1. The zero-order chi connectivity index (χ0) is 16.7. The predicted octanol–water partition coefficient (Wildman–Crippen LogP) is 3.55. The lowest BCUT2D eigenvalue weighted by Crippen LogP contribution is -2.43. The van der Waals surface area contributed by atoms with Gasteiger partial charge in [-0.3, -0.25) is 4.99 Å². The molecule has 1 atom stereocenters. The highest BCUT2D eigenvalue weighted by Gasteiger charge is 2.07. The molecule has 6 heteroatoms. The van der Waals surface area contributed by atoms with Gasteiger partial charge in [0.1, 0.15) is 0 Å². The van der Waals surface area contributed by atoms with E-state index >= 15 is 0 Å². The Morgan fingerprint density at radius 2 is 2.17 bits per heavy atom. The molecular weight excluding hydrogens is 324 g/mol. The maximum atomic E-state index is 4.49. The number of rotatable bonds is 7. The number of hydrogen-bond donors (Lipinski definition) is 2. The Bertz CT molecular complexity index is 630. The summed E-state index contributed by atoms with van der Waals surface area (Å²) in [4.78, 5) is 11.6. The third-order valence-corrected chi connectivity index (χ3v) is 5.49. The summed E-state index contributed by atoms with van der Waals surface area (Å²) in [5.74, 6) is 0.876. The van der Waals surface area contributed by atoms with Gasteiger partial charge < -0.3 is 10.6 Å². The van der Waals surface area contributed by atoms with Crippen molar-refractivity contribution in [2.24, 2.45) is 4.99 Å². The van der Waals surface area contributed by atoms with Crippen molar-refractivity contribution in [3.8, 4) is 0 Å². The maximum absolute atomic E-state index is 4.49. The Labute approximate surface area is 147 Å². The monoisotopic (exact) mass is 350 g/mol. The fourth-order valence-corrected chi connectivity index (χ4v) is 4.18. The van der Waals surface area contributed by atoms with Gasteiger partial charge in [-0.2, -0.15) is 0 Å². The van der Waals surface area contributed by atoms with E-state index in [1.54, 1.807) is 11.3 Å². The first-order valence-electron chi connectivity index (χ1n) is 8.00. The first-order valence-corrected chi connectivity index (χ1v) is 9.70. The lowest BCUT2D eigenvalue weighted by atomic mass is 10.2. The van der Waals surface area contributed by atoms with Crippen molar-refractivity contribution < 1.29 is 0 Å². The maximum Gasteiger partial charge on any atom is 0.191 e. The molecule has 0 aliphatic heterocycles. The van der Waals surface area contributed by atoms with Crippen LogP contribution in [0.2, 0.25) is 0 Å². The van der Waals surface area contributed by atoms with Crippen LogP contribution in [0.15, 0.2) is 22.5 Å². The van der Waals surface area contributed by atoms with Crippen LogP contribution in [0.1, 0.15) is 33.8 Å². The summed E-state index contributed by atoms with van der Waals surface area (Å²) in [6.07, 6.45) is 3.11. The molecular formula is C17H26N4S2. The predicted molar refractivity (Wildman–Crippen MR) is 102 cm³/mol. The van der Waals surface area contributed by atoms with Crippen LogP contribution in [0, 0.1) is 13.8 Å². The molecule has 2 heterocycles. The van der Waals surface area contributed by atoms with Crippen molar-refractivity contribution in [1.29, 1.82) is 0 Å². The summed E-state index contributed by atoms with van der Waals surface area (Å²) in [5.41, 5.74) is 1.12. The Kier molecular flexibility index (Phi) is 7.05. The van der Waals surface area contributed by atoms with Gasteiger partial charge in [-0.25, -0.2) is 4.98 Å². The van der Waals surface area contributed by atoms with Gasteiger partial charge in [0, 0.05) is 53.3 Å². The minimum Gasteiger partial charge on any atom is -0.356 e. The Balaban J connectivity index is 1.68. The molecule has 0 saturated carbocycles. The standard InChI is InChI=1S/C17H26N4S2/c1-12(10-15-8-7-14(3)23-15)21-17(18-4)19-9-5-6-16-20-13(2)11-22-16/h7-8,11-12H,5-6,9-10H2,1-4H3,(H2,18,19,21). The summed E-state index contributed by atoms with van der Waals surface area (Å²) in [6, 6.07) is 4.76. The van der Waals surface area contributed by atoms with Gasteiger partial charge >= 0.3 is 0 Å². The van der Waals surface area contributed by atoms with Gasteiger partial charge in [0.2, 0.25) is 0 Å². The molecule has 2 N–H and O–H groups in total. The molecule has 2 aromatic heterocycles. The van der Waals surface area contributed by atoms with Crippen molar-refractivity contribution in [3.63, 3.8) is 0 Å². The van der Waals surface area contributed by atoms with E-state index in [-0.39, 0.29) is 0 Å². The summed E-state index contributed by atoms with van der Waals surface area (Å²) >= 11 is 3.61. The highest BCUT2D eigenvalue weighted by atomic mass is 32.1. The van der Waals surface area contributed by atoms with Crippen LogP contribution in [0.25, 0.3) is 0 Å². The highest BCUT2D eigenvalue weighted by molar-refractivity contribution is 7.11. The van der Waals surface area contributed by atoms with E-state index in [1.165, 1.54) is 14.8 Å². The molecule has 0 spiro atoms. The number of hydrogen-bond acceptors (Lipinski definition) is 4. The number of thiazole rings is 1. The molecule has 0 aliphatic rings. The van der Waals surface area contributed by atoms with Crippen molar-refractivity contribution in [3.05, 3.63) is 38.0 Å². The van der Waals surface area contributed by atoms with E-state index in [2.05, 4.69) is 52.0 Å². The second-order valence-electron chi connectivity index (χ2n) is 5.75. The van der Waals surface area contributed by atoms with Crippen LogP contribution < -0.4 is 10.6 Å². The second-order valence-corrected chi connectivity index (χ2v) is 8.06. The molecule has 0 saturated heterocycles. The van der Waals surface area contributed by atoms with Gasteiger partial charge in [0.25, 0.3) is 0 Å². The molecule has 0 amide bonds. The first kappa shape index (κ1) is 17.9. The van der Waals surface area contributed by atoms with Gasteiger partial charge in [0.05, 0.1) is 5.01 Å². The third-order valence-electron chi connectivity index (χ3n) is 3.44. The Hall–Kier alpha value is -1.40. The summed E-state index contributed by atoms with van der Waals surface area (Å²) in [6.45, 7) is 7.29. The van der Waals surface area contributed by atoms with E-state index in [1.807, 2.05) is 25.3 Å². The highest BCUT2D eigenvalue weighted by Crippen LogP contribution is 2.16. The molecule has 0 fully saturated rings.